The van der Waals surface area contributed by atoms with Crippen LogP contribution in [0.3, 0.4) is 0 Å². The summed E-state index contributed by atoms with van der Waals surface area (Å²) in [6.07, 6.45) is 0.324. The first-order chi connectivity index (χ1) is 9.67. The van der Waals surface area contributed by atoms with Crippen LogP contribution in [0.4, 0.5) is 5.69 Å². The van der Waals surface area contributed by atoms with E-state index in [1.807, 2.05) is 0 Å². The van der Waals surface area contributed by atoms with Crippen molar-refractivity contribution < 1.29 is 23.2 Å². The fraction of sp³-hybridized carbons (Fsp3) is 0.500. The highest BCUT2D eigenvalue weighted by Crippen LogP contribution is 2.32. The number of rotatable bonds is 4. The van der Waals surface area contributed by atoms with Gasteiger partial charge in [-0.15, -0.1) is 0 Å². The van der Waals surface area contributed by atoms with Crippen molar-refractivity contribution in [2.45, 2.75) is 23.8 Å². The van der Waals surface area contributed by atoms with Crippen LogP contribution in [0.5, 0.6) is 5.75 Å². The number of nitro benzene ring substituents is 1. The van der Waals surface area contributed by atoms with E-state index < -0.39 is 26.2 Å². The normalized spacial score (nSPS) is 23.2. The molecule has 9 heteroatoms. The van der Waals surface area contributed by atoms with E-state index in [0.29, 0.717) is 6.42 Å². The second kappa shape index (κ2) is 5.24. The number of hydrogen-bond acceptors (Lipinski definition) is 6. The van der Waals surface area contributed by atoms with Crippen molar-refractivity contribution in [3.05, 3.63) is 28.3 Å². The van der Waals surface area contributed by atoms with E-state index in [2.05, 4.69) is 0 Å². The topological polar surface area (TPSA) is 110 Å². The van der Waals surface area contributed by atoms with Gasteiger partial charge in [0, 0.05) is 19.2 Å². The third kappa shape index (κ3) is 2.99. The molecule has 1 atom stereocenters. The van der Waals surface area contributed by atoms with Crippen molar-refractivity contribution in [1.29, 1.82) is 0 Å². The molecule has 1 aliphatic heterocycles. The molecule has 0 aromatic heterocycles. The van der Waals surface area contributed by atoms with Gasteiger partial charge in [0.25, 0.3) is 0 Å². The molecule has 0 spiro atoms. The second-order valence-corrected chi connectivity index (χ2v) is 7.11. The number of β-amino-alcohol motifs (C(OH)–C–C–N with tert-alkyl or cyclic N) is 1. The summed E-state index contributed by atoms with van der Waals surface area (Å²) in [6.45, 7) is 1.70. The van der Waals surface area contributed by atoms with E-state index in [4.69, 9.17) is 4.74 Å². The molecule has 1 heterocycles. The summed E-state index contributed by atoms with van der Waals surface area (Å²) in [6, 6.07) is 3.48. The summed E-state index contributed by atoms with van der Waals surface area (Å²) >= 11 is 0. The van der Waals surface area contributed by atoms with Crippen molar-refractivity contribution in [2.75, 3.05) is 20.2 Å². The van der Waals surface area contributed by atoms with E-state index in [9.17, 15) is 23.6 Å². The van der Waals surface area contributed by atoms with Gasteiger partial charge >= 0.3 is 5.69 Å². The monoisotopic (exact) mass is 316 g/mol. The van der Waals surface area contributed by atoms with Gasteiger partial charge in [0.05, 0.1) is 22.5 Å². The Balaban J connectivity index is 2.42. The van der Waals surface area contributed by atoms with Gasteiger partial charge in [-0.2, -0.15) is 4.31 Å². The maximum atomic E-state index is 12.4. The van der Waals surface area contributed by atoms with Crippen LogP contribution < -0.4 is 4.74 Å². The fourth-order valence-electron chi connectivity index (χ4n) is 2.23. The molecule has 0 amide bonds. The number of sulfonamides is 1. The highest BCUT2D eigenvalue weighted by atomic mass is 32.2. The lowest BCUT2D eigenvalue weighted by Gasteiger charge is -2.19. The second-order valence-electron chi connectivity index (χ2n) is 5.18. The minimum atomic E-state index is -3.88. The van der Waals surface area contributed by atoms with E-state index in [1.165, 1.54) is 19.2 Å². The molecule has 1 aromatic carbocycles. The smallest absolute Gasteiger partial charge is 0.312 e. The zero-order chi connectivity index (χ0) is 15.8. The van der Waals surface area contributed by atoms with Crippen molar-refractivity contribution in [3.63, 3.8) is 0 Å². The summed E-state index contributed by atoms with van der Waals surface area (Å²) in [5, 5.41) is 20.8. The number of hydrogen-bond donors (Lipinski definition) is 1. The van der Waals surface area contributed by atoms with Crippen LogP contribution in [0.25, 0.3) is 0 Å². The summed E-state index contributed by atoms with van der Waals surface area (Å²) < 4.78 is 30.9. The Morgan fingerprint density at radius 3 is 2.62 bits per heavy atom. The third-order valence-electron chi connectivity index (χ3n) is 3.40. The lowest BCUT2D eigenvalue weighted by molar-refractivity contribution is -0.386. The van der Waals surface area contributed by atoms with Crippen molar-refractivity contribution in [1.82, 2.24) is 4.31 Å². The van der Waals surface area contributed by atoms with Crippen molar-refractivity contribution in [2.24, 2.45) is 0 Å². The average Bonchev–Trinajstić information content (AvgIpc) is 2.78. The Morgan fingerprint density at radius 1 is 1.48 bits per heavy atom. The Labute approximate surface area is 122 Å². The van der Waals surface area contributed by atoms with Crippen LogP contribution in [0.2, 0.25) is 0 Å². The number of nitrogens with zero attached hydrogens (tertiary/aromatic N) is 2. The SMILES string of the molecule is COc1ccc(S(=O)(=O)N2CCC(C)(O)C2)cc1[N+](=O)[O-]. The number of nitro groups is 1. The maximum absolute atomic E-state index is 12.4. The predicted octanol–water partition coefficient (Wildman–Crippen LogP) is 0.749. The summed E-state index contributed by atoms with van der Waals surface area (Å²) in [5.74, 6) is -0.00707. The summed E-state index contributed by atoms with van der Waals surface area (Å²) in [5.41, 5.74) is -1.49. The molecule has 0 saturated carbocycles. The van der Waals surface area contributed by atoms with Gasteiger partial charge in [-0.3, -0.25) is 10.1 Å². The van der Waals surface area contributed by atoms with Gasteiger partial charge < -0.3 is 9.84 Å². The van der Waals surface area contributed by atoms with Crippen LogP contribution >= 0.6 is 0 Å². The first-order valence-corrected chi connectivity index (χ1v) is 7.66. The molecular weight excluding hydrogens is 300 g/mol. The van der Waals surface area contributed by atoms with Crippen LogP contribution in [0.15, 0.2) is 23.1 Å². The van der Waals surface area contributed by atoms with Gasteiger partial charge in [-0.05, 0) is 25.5 Å². The molecule has 0 aliphatic carbocycles. The average molecular weight is 316 g/mol. The van der Waals surface area contributed by atoms with Gasteiger partial charge in [0.1, 0.15) is 0 Å². The lowest BCUT2D eigenvalue weighted by Crippen LogP contribution is -2.33. The Morgan fingerprint density at radius 2 is 2.14 bits per heavy atom. The van der Waals surface area contributed by atoms with E-state index in [1.54, 1.807) is 6.92 Å². The largest absolute Gasteiger partial charge is 0.490 e. The number of aliphatic hydroxyl groups is 1. The lowest BCUT2D eigenvalue weighted by atomic mass is 10.1. The Bertz CT molecular complexity index is 670. The van der Waals surface area contributed by atoms with E-state index in [0.717, 1.165) is 10.4 Å². The fourth-order valence-corrected chi connectivity index (χ4v) is 3.81. The standard InChI is InChI=1S/C12H16N2O6S/c1-12(15)5-6-13(8-12)21(18,19)9-3-4-11(20-2)10(7-9)14(16)17/h3-4,7,15H,5-6,8H2,1-2H3. The molecule has 116 valence electrons. The Hall–Kier alpha value is -1.71. The molecule has 1 fully saturated rings. The van der Waals surface area contributed by atoms with Gasteiger partial charge in [-0.25, -0.2) is 8.42 Å². The zero-order valence-corrected chi connectivity index (χ0v) is 12.5. The molecule has 1 unspecified atom stereocenters. The molecule has 2 rings (SSSR count). The first kappa shape index (κ1) is 15.7. The molecule has 1 aromatic rings. The molecule has 8 nitrogen and oxygen atoms in total. The quantitative estimate of drug-likeness (QED) is 0.648. The third-order valence-corrected chi connectivity index (χ3v) is 5.24. The highest BCUT2D eigenvalue weighted by Gasteiger charge is 2.39. The van der Waals surface area contributed by atoms with Crippen LogP contribution in [0.1, 0.15) is 13.3 Å². The predicted molar refractivity (Wildman–Crippen MR) is 73.6 cm³/mol. The number of ether oxygens (including phenoxy) is 1. The highest BCUT2D eigenvalue weighted by molar-refractivity contribution is 7.89. The molecular formula is C12H16N2O6S. The molecule has 0 bridgehead atoms. The van der Waals surface area contributed by atoms with Crippen molar-refractivity contribution >= 4 is 15.7 Å². The van der Waals surface area contributed by atoms with Crippen LogP contribution in [0, 0.1) is 10.1 Å². The van der Waals surface area contributed by atoms with E-state index >= 15 is 0 Å². The molecule has 1 N–H and O–H groups in total. The maximum Gasteiger partial charge on any atom is 0.312 e. The molecule has 1 aliphatic rings. The molecule has 1 saturated heterocycles. The minimum absolute atomic E-state index is 0.00707. The molecule has 21 heavy (non-hydrogen) atoms. The van der Waals surface area contributed by atoms with Crippen LogP contribution in [-0.4, -0.2) is 48.6 Å². The van der Waals surface area contributed by atoms with Gasteiger partial charge in [0.15, 0.2) is 5.75 Å². The van der Waals surface area contributed by atoms with E-state index in [-0.39, 0.29) is 23.7 Å². The van der Waals surface area contributed by atoms with Gasteiger partial charge in [-0.1, -0.05) is 0 Å². The number of methoxy groups -OCH3 is 1. The number of benzene rings is 1. The van der Waals surface area contributed by atoms with Crippen LogP contribution in [-0.2, 0) is 10.0 Å². The zero-order valence-electron chi connectivity index (χ0n) is 11.6. The summed E-state index contributed by atoms with van der Waals surface area (Å²) in [7, 11) is -2.61. The first-order valence-electron chi connectivity index (χ1n) is 6.22. The summed E-state index contributed by atoms with van der Waals surface area (Å²) in [4.78, 5) is 10.1. The Kier molecular flexibility index (Phi) is 3.91. The minimum Gasteiger partial charge on any atom is -0.490 e. The molecule has 0 radical (unpaired) electrons. The van der Waals surface area contributed by atoms with Gasteiger partial charge in [0.2, 0.25) is 10.0 Å². The van der Waals surface area contributed by atoms with Crippen molar-refractivity contribution in [3.8, 4) is 5.75 Å².